The third-order valence-electron chi connectivity index (χ3n) is 8.71. The molecule has 2 aromatic carbocycles. The fourth-order valence-corrected chi connectivity index (χ4v) is 6.61. The quantitative estimate of drug-likeness (QED) is 0.276. The molecule has 44 heavy (non-hydrogen) atoms. The van der Waals surface area contributed by atoms with Crippen LogP contribution in [0.1, 0.15) is 20.3 Å². The summed E-state index contributed by atoms with van der Waals surface area (Å²) in [5.41, 5.74) is 0.435. The SMILES string of the molecule is C=CC(=O)N1CCN(c2nc(N3CC(N(CC)CC)C3)nc3c(=O)n(-c4cccc5cccc(Cl)c45)ncc23)C[C@@H]1CC#N. The van der Waals surface area contributed by atoms with Crippen LogP contribution >= 0.6 is 11.6 Å². The summed E-state index contributed by atoms with van der Waals surface area (Å²) in [6.07, 6.45) is 3.07. The van der Waals surface area contributed by atoms with Crippen LogP contribution in [-0.4, -0.2) is 93.4 Å². The van der Waals surface area contributed by atoms with Crippen molar-refractivity contribution < 1.29 is 4.79 Å². The molecule has 2 aliphatic rings. The van der Waals surface area contributed by atoms with Gasteiger partial charge in [-0.1, -0.05) is 56.3 Å². The van der Waals surface area contributed by atoms with E-state index in [2.05, 4.69) is 41.4 Å². The molecule has 2 fully saturated rings. The number of benzene rings is 2. The molecule has 0 unspecified atom stereocenters. The van der Waals surface area contributed by atoms with E-state index in [1.54, 1.807) is 17.2 Å². The molecule has 0 saturated carbocycles. The van der Waals surface area contributed by atoms with E-state index in [9.17, 15) is 14.9 Å². The molecule has 6 rings (SSSR count). The molecule has 2 saturated heterocycles. The van der Waals surface area contributed by atoms with Crippen molar-refractivity contribution in [1.82, 2.24) is 29.5 Å². The first-order valence-corrected chi connectivity index (χ1v) is 15.3. The predicted octanol–water partition coefficient (Wildman–Crippen LogP) is 3.63. The number of hydrogen-bond donors (Lipinski definition) is 0. The maximum atomic E-state index is 14.2. The molecule has 1 atom stereocenters. The molecule has 4 aromatic rings. The number of rotatable bonds is 8. The summed E-state index contributed by atoms with van der Waals surface area (Å²) in [6.45, 7) is 12.6. The standard InChI is InChI=1S/C32H34ClN9O2/c1-4-27(43)41-16-15-39(18-22(41)13-14-34)30-24-17-35-42(26-12-8-10-21-9-7-11-25(33)28(21)26)31(44)29(24)36-32(37-30)40-19-23(20-40)38(5-2)6-3/h4,7-12,17,22-23H,1,5-6,13,15-16,18-20H2,2-3H3/t22-/m0/s1. The van der Waals surface area contributed by atoms with E-state index >= 15 is 0 Å². The number of aromatic nitrogens is 4. The average molecular weight is 612 g/mol. The van der Waals surface area contributed by atoms with Gasteiger partial charge in [0.2, 0.25) is 11.9 Å². The van der Waals surface area contributed by atoms with E-state index in [1.165, 1.54) is 10.8 Å². The number of piperazine rings is 1. The molecule has 12 heteroatoms. The Labute approximate surface area is 260 Å². The van der Waals surface area contributed by atoms with Crippen LogP contribution in [-0.2, 0) is 4.79 Å². The Balaban J connectivity index is 1.47. The molecule has 0 spiro atoms. The number of halogens is 1. The summed E-state index contributed by atoms with van der Waals surface area (Å²) in [6, 6.07) is 13.5. The van der Waals surface area contributed by atoms with Crippen molar-refractivity contribution in [3.05, 3.63) is 70.6 Å². The van der Waals surface area contributed by atoms with Crippen molar-refractivity contribution >= 4 is 50.9 Å². The molecular weight excluding hydrogens is 578 g/mol. The summed E-state index contributed by atoms with van der Waals surface area (Å²) >= 11 is 6.61. The smallest absolute Gasteiger partial charge is 0.298 e. The number of carbonyl (C=O) groups excluding carboxylic acids is 1. The van der Waals surface area contributed by atoms with E-state index < -0.39 is 0 Å². The van der Waals surface area contributed by atoms with E-state index in [4.69, 9.17) is 21.6 Å². The molecule has 0 N–H and O–H groups in total. The van der Waals surface area contributed by atoms with E-state index in [1.807, 2.05) is 35.2 Å². The third-order valence-corrected chi connectivity index (χ3v) is 9.03. The highest BCUT2D eigenvalue weighted by molar-refractivity contribution is 6.36. The first kappa shape index (κ1) is 29.5. The maximum absolute atomic E-state index is 14.2. The minimum Gasteiger partial charge on any atom is -0.352 e. The largest absolute Gasteiger partial charge is 0.352 e. The van der Waals surface area contributed by atoms with Crippen LogP contribution in [0.2, 0.25) is 5.02 Å². The van der Waals surface area contributed by atoms with E-state index in [-0.39, 0.29) is 29.4 Å². The number of fused-ring (bicyclic) bond motifs is 2. The number of anilines is 2. The van der Waals surface area contributed by atoms with Gasteiger partial charge < -0.3 is 14.7 Å². The molecule has 0 bridgehead atoms. The molecule has 2 aromatic heterocycles. The second-order valence-corrected chi connectivity index (χ2v) is 11.5. The molecular formula is C32H34ClN9O2. The highest BCUT2D eigenvalue weighted by Crippen LogP contribution is 2.32. The zero-order valence-electron chi connectivity index (χ0n) is 24.9. The Bertz CT molecular complexity index is 1840. The van der Waals surface area contributed by atoms with Gasteiger partial charge in [0.25, 0.3) is 5.56 Å². The summed E-state index contributed by atoms with van der Waals surface area (Å²) in [5, 5.41) is 16.8. The van der Waals surface area contributed by atoms with E-state index in [0.717, 1.165) is 37.0 Å². The lowest BCUT2D eigenvalue weighted by Gasteiger charge is -2.45. The van der Waals surface area contributed by atoms with Crippen LogP contribution in [0.4, 0.5) is 11.8 Å². The minimum atomic E-state index is -0.380. The van der Waals surface area contributed by atoms with Gasteiger partial charge >= 0.3 is 0 Å². The zero-order chi connectivity index (χ0) is 31.0. The van der Waals surface area contributed by atoms with Crippen LogP contribution in [0.15, 0.2) is 60.0 Å². The Kier molecular flexibility index (Phi) is 8.21. The van der Waals surface area contributed by atoms with Gasteiger partial charge in [0.1, 0.15) is 11.3 Å². The predicted molar refractivity (Wildman–Crippen MR) is 173 cm³/mol. The molecule has 4 heterocycles. The number of likely N-dealkylation sites (N-methyl/N-ethyl adjacent to an activating group) is 1. The molecule has 0 radical (unpaired) electrons. The van der Waals surface area contributed by atoms with Gasteiger partial charge in [-0.25, -0.2) is 4.98 Å². The van der Waals surface area contributed by atoms with Gasteiger partial charge in [-0.2, -0.15) is 20.0 Å². The number of carbonyl (C=O) groups is 1. The molecule has 11 nitrogen and oxygen atoms in total. The van der Waals surface area contributed by atoms with Crippen LogP contribution < -0.4 is 15.4 Å². The average Bonchev–Trinajstić information content (AvgIpc) is 3.02. The third kappa shape index (κ3) is 5.14. The Hall–Kier alpha value is -4.53. The normalized spacial score (nSPS) is 17.2. The second-order valence-electron chi connectivity index (χ2n) is 11.1. The molecule has 0 aliphatic carbocycles. The summed E-state index contributed by atoms with van der Waals surface area (Å²) in [7, 11) is 0. The van der Waals surface area contributed by atoms with Crippen molar-refractivity contribution in [1.29, 1.82) is 5.26 Å². The second kappa shape index (κ2) is 12.2. The topological polar surface area (TPSA) is 114 Å². The zero-order valence-corrected chi connectivity index (χ0v) is 25.6. The number of nitriles is 1. The minimum absolute atomic E-state index is 0.163. The molecule has 2 aliphatic heterocycles. The first-order valence-electron chi connectivity index (χ1n) is 14.9. The lowest BCUT2D eigenvalue weighted by Crippen LogP contribution is -2.60. The summed E-state index contributed by atoms with van der Waals surface area (Å²) in [4.78, 5) is 44.8. The first-order chi connectivity index (χ1) is 21.4. The Morgan fingerprint density at radius 1 is 1.11 bits per heavy atom. The molecule has 1 amide bonds. The van der Waals surface area contributed by atoms with Crippen LogP contribution in [0.25, 0.3) is 27.4 Å². The lowest BCUT2D eigenvalue weighted by molar-refractivity contribution is -0.128. The van der Waals surface area contributed by atoms with Crippen LogP contribution in [0.3, 0.4) is 0 Å². The highest BCUT2D eigenvalue weighted by Gasteiger charge is 2.35. The van der Waals surface area contributed by atoms with Crippen molar-refractivity contribution in [3.8, 4) is 11.8 Å². The lowest BCUT2D eigenvalue weighted by atomic mass is 10.1. The van der Waals surface area contributed by atoms with Crippen LogP contribution in [0.5, 0.6) is 0 Å². The van der Waals surface area contributed by atoms with Gasteiger partial charge in [-0.15, -0.1) is 0 Å². The van der Waals surface area contributed by atoms with Gasteiger partial charge in [-0.3, -0.25) is 14.5 Å². The van der Waals surface area contributed by atoms with Crippen molar-refractivity contribution in [3.63, 3.8) is 0 Å². The number of hydrogen-bond acceptors (Lipinski definition) is 9. The van der Waals surface area contributed by atoms with Crippen molar-refractivity contribution in [2.24, 2.45) is 0 Å². The van der Waals surface area contributed by atoms with Gasteiger partial charge in [-0.05, 0) is 36.7 Å². The van der Waals surface area contributed by atoms with E-state index in [0.29, 0.717) is 53.5 Å². The van der Waals surface area contributed by atoms with Crippen molar-refractivity contribution in [2.75, 3.05) is 55.6 Å². The molecule has 226 valence electrons. The fraction of sp³-hybridized carbons (Fsp3) is 0.375. The monoisotopic (exact) mass is 611 g/mol. The van der Waals surface area contributed by atoms with Crippen molar-refractivity contribution in [2.45, 2.75) is 32.4 Å². The fourth-order valence-electron chi connectivity index (χ4n) is 6.33. The summed E-state index contributed by atoms with van der Waals surface area (Å²) < 4.78 is 1.35. The van der Waals surface area contributed by atoms with Gasteiger partial charge in [0.05, 0.1) is 40.8 Å². The van der Waals surface area contributed by atoms with Crippen LogP contribution in [0, 0.1) is 11.3 Å². The Morgan fingerprint density at radius 2 is 1.86 bits per heavy atom. The number of nitrogens with zero attached hydrogens (tertiary/aromatic N) is 9. The number of amides is 1. The van der Waals surface area contributed by atoms with Gasteiger partial charge in [0, 0.05) is 44.2 Å². The maximum Gasteiger partial charge on any atom is 0.298 e. The Morgan fingerprint density at radius 3 is 2.57 bits per heavy atom. The van der Waals surface area contributed by atoms with Gasteiger partial charge in [0.15, 0.2) is 0 Å². The summed E-state index contributed by atoms with van der Waals surface area (Å²) in [5.74, 6) is 0.834. The highest BCUT2D eigenvalue weighted by atomic mass is 35.5.